The highest BCUT2D eigenvalue weighted by molar-refractivity contribution is 6.02. The Morgan fingerprint density at radius 1 is 1.16 bits per heavy atom. The molecule has 1 N–H and O–H groups in total. The number of carbonyl (C=O) groups excluding carboxylic acids is 1. The number of carbonyl (C=O) groups is 1. The predicted octanol–water partition coefficient (Wildman–Crippen LogP) is 4.48. The van der Waals surface area contributed by atoms with Gasteiger partial charge in [-0.2, -0.15) is 0 Å². The third kappa shape index (κ3) is 3.94. The average molecular weight is 338 g/mol. The van der Waals surface area contributed by atoms with Crippen LogP contribution in [0.3, 0.4) is 0 Å². The summed E-state index contributed by atoms with van der Waals surface area (Å²) in [5.41, 5.74) is 2.27. The van der Waals surface area contributed by atoms with Crippen molar-refractivity contribution in [2.75, 3.05) is 5.32 Å². The first-order valence-electron chi connectivity index (χ1n) is 8.16. The molecule has 1 amide bonds. The second kappa shape index (κ2) is 7.30. The van der Waals surface area contributed by atoms with Gasteiger partial charge in [-0.3, -0.25) is 9.78 Å². The molecular formula is C20H19FN2O2. The fraction of sp³-hybridized carbons (Fsp3) is 0.200. The van der Waals surface area contributed by atoms with Gasteiger partial charge in [0.1, 0.15) is 11.6 Å². The van der Waals surface area contributed by atoms with E-state index in [1.807, 2.05) is 44.2 Å². The molecule has 0 bridgehead atoms. The molecule has 0 aliphatic rings. The number of aryl methyl sites for hydroxylation is 1. The predicted molar refractivity (Wildman–Crippen MR) is 96.2 cm³/mol. The first-order valence-corrected chi connectivity index (χ1v) is 8.16. The number of rotatable bonds is 5. The first-order chi connectivity index (χ1) is 12.1. The standard InChI is InChI=1S/C20H19FN2O2/c1-3-18(25-16-11-9-15(21)10-12-16)20(24)23-17-6-4-5-14-8-7-13(2)22-19(14)17/h4-12,18H,3H2,1-2H3,(H,23,24)/t18-/m0/s1. The number of aromatic nitrogens is 1. The molecule has 0 aliphatic carbocycles. The number of halogens is 1. The molecule has 3 rings (SSSR count). The monoisotopic (exact) mass is 338 g/mol. The van der Waals surface area contributed by atoms with Crippen LogP contribution in [0, 0.1) is 12.7 Å². The summed E-state index contributed by atoms with van der Waals surface area (Å²) in [7, 11) is 0. The Morgan fingerprint density at radius 3 is 2.64 bits per heavy atom. The molecule has 5 heteroatoms. The van der Waals surface area contributed by atoms with Gasteiger partial charge in [0.25, 0.3) is 5.91 Å². The molecule has 1 aromatic heterocycles. The van der Waals surface area contributed by atoms with Crippen LogP contribution in [0.4, 0.5) is 10.1 Å². The highest BCUT2D eigenvalue weighted by Gasteiger charge is 2.19. The molecule has 0 spiro atoms. The molecule has 2 aromatic carbocycles. The van der Waals surface area contributed by atoms with E-state index in [4.69, 9.17) is 4.74 Å². The van der Waals surface area contributed by atoms with Crippen molar-refractivity contribution in [2.24, 2.45) is 0 Å². The van der Waals surface area contributed by atoms with Gasteiger partial charge < -0.3 is 10.1 Å². The van der Waals surface area contributed by atoms with E-state index >= 15 is 0 Å². The van der Waals surface area contributed by atoms with Crippen LogP contribution in [0.2, 0.25) is 0 Å². The molecule has 4 nitrogen and oxygen atoms in total. The Kier molecular flexibility index (Phi) is 4.93. The molecule has 3 aromatic rings. The van der Waals surface area contributed by atoms with Crippen molar-refractivity contribution in [3.05, 3.63) is 66.1 Å². The van der Waals surface area contributed by atoms with Gasteiger partial charge in [0.05, 0.1) is 11.2 Å². The number of amides is 1. The summed E-state index contributed by atoms with van der Waals surface area (Å²) in [5.74, 6) is -0.153. The summed E-state index contributed by atoms with van der Waals surface area (Å²) in [6, 6.07) is 15.2. The van der Waals surface area contributed by atoms with E-state index in [0.717, 1.165) is 16.6 Å². The molecule has 0 saturated heterocycles. The van der Waals surface area contributed by atoms with E-state index in [0.29, 0.717) is 17.9 Å². The minimum atomic E-state index is -0.675. The number of nitrogens with zero attached hydrogens (tertiary/aromatic N) is 1. The minimum absolute atomic E-state index is 0.261. The fourth-order valence-electron chi connectivity index (χ4n) is 2.56. The summed E-state index contributed by atoms with van der Waals surface area (Å²) >= 11 is 0. The normalized spacial score (nSPS) is 12.0. The Morgan fingerprint density at radius 2 is 1.92 bits per heavy atom. The number of hydrogen-bond donors (Lipinski definition) is 1. The molecule has 0 aliphatic heterocycles. The molecule has 1 atom stereocenters. The molecule has 128 valence electrons. The van der Waals surface area contributed by atoms with Crippen LogP contribution in [0.1, 0.15) is 19.0 Å². The zero-order valence-electron chi connectivity index (χ0n) is 14.1. The lowest BCUT2D eigenvalue weighted by Gasteiger charge is -2.18. The van der Waals surface area contributed by atoms with Crippen molar-refractivity contribution in [1.82, 2.24) is 4.98 Å². The molecule has 0 unspecified atom stereocenters. The van der Waals surface area contributed by atoms with Gasteiger partial charge in [-0.05, 0) is 49.7 Å². The second-order valence-corrected chi connectivity index (χ2v) is 5.79. The zero-order valence-corrected chi connectivity index (χ0v) is 14.1. The van der Waals surface area contributed by atoms with Crippen LogP contribution in [-0.4, -0.2) is 17.0 Å². The fourth-order valence-corrected chi connectivity index (χ4v) is 2.56. The van der Waals surface area contributed by atoms with Crippen molar-refractivity contribution in [2.45, 2.75) is 26.4 Å². The van der Waals surface area contributed by atoms with Crippen LogP contribution in [0.15, 0.2) is 54.6 Å². The molecule has 0 radical (unpaired) electrons. The smallest absolute Gasteiger partial charge is 0.265 e. The summed E-state index contributed by atoms with van der Waals surface area (Å²) in [6.45, 7) is 3.77. The quantitative estimate of drug-likeness (QED) is 0.746. The maximum Gasteiger partial charge on any atom is 0.265 e. The van der Waals surface area contributed by atoms with Crippen molar-refractivity contribution in [3.8, 4) is 5.75 Å². The van der Waals surface area contributed by atoms with Crippen LogP contribution < -0.4 is 10.1 Å². The van der Waals surface area contributed by atoms with Gasteiger partial charge in [-0.15, -0.1) is 0 Å². The van der Waals surface area contributed by atoms with E-state index in [1.54, 1.807) is 0 Å². The Bertz CT molecular complexity index is 894. The lowest BCUT2D eigenvalue weighted by atomic mass is 10.1. The number of nitrogens with one attached hydrogen (secondary N) is 1. The number of hydrogen-bond acceptors (Lipinski definition) is 3. The first kappa shape index (κ1) is 16.9. The minimum Gasteiger partial charge on any atom is -0.481 e. The third-order valence-corrected chi connectivity index (χ3v) is 3.87. The Labute approximate surface area is 145 Å². The van der Waals surface area contributed by atoms with Crippen LogP contribution >= 0.6 is 0 Å². The van der Waals surface area contributed by atoms with Gasteiger partial charge in [0, 0.05) is 11.1 Å². The molecule has 1 heterocycles. The maximum atomic E-state index is 13.0. The van der Waals surface area contributed by atoms with E-state index in [-0.39, 0.29) is 11.7 Å². The number of para-hydroxylation sites is 1. The Balaban J connectivity index is 1.80. The number of benzene rings is 2. The van der Waals surface area contributed by atoms with Crippen molar-refractivity contribution >= 4 is 22.5 Å². The molecule has 25 heavy (non-hydrogen) atoms. The number of pyridine rings is 1. The van der Waals surface area contributed by atoms with Crippen LogP contribution in [-0.2, 0) is 4.79 Å². The van der Waals surface area contributed by atoms with Crippen molar-refractivity contribution < 1.29 is 13.9 Å². The van der Waals surface area contributed by atoms with Crippen LogP contribution in [0.25, 0.3) is 10.9 Å². The second-order valence-electron chi connectivity index (χ2n) is 5.79. The van der Waals surface area contributed by atoms with E-state index in [2.05, 4.69) is 10.3 Å². The van der Waals surface area contributed by atoms with Gasteiger partial charge >= 0.3 is 0 Å². The zero-order chi connectivity index (χ0) is 17.8. The molecular weight excluding hydrogens is 319 g/mol. The van der Waals surface area contributed by atoms with Gasteiger partial charge in [-0.1, -0.05) is 25.1 Å². The van der Waals surface area contributed by atoms with E-state index in [9.17, 15) is 9.18 Å². The van der Waals surface area contributed by atoms with E-state index in [1.165, 1.54) is 24.3 Å². The van der Waals surface area contributed by atoms with Gasteiger partial charge in [0.15, 0.2) is 6.10 Å². The highest BCUT2D eigenvalue weighted by Crippen LogP contribution is 2.23. The highest BCUT2D eigenvalue weighted by atomic mass is 19.1. The largest absolute Gasteiger partial charge is 0.481 e. The SMILES string of the molecule is CC[C@H](Oc1ccc(F)cc1)C(=O)Nc1cccc2ccc(C)nc12. The maximum absolute atomic E-state index is 13.0. The molecule has 0 saturated carbocycles. The number of anilines is 1. The summed E-state index contributed by atoms with van der Waals surface area (Å²) in [6.07, 6.45) is -0.189. The van der Waals surface area contributed by atoms with Crippen LogP contribution in [0.5, 0.6) is 5.75 Å². The van der Waals surface area contributed by atoms with Crippen molar-refractivity contribution in [1.29, 1.82) is 0 Å². The lowest BCUT2D eigenvalue weighted by Crippen LogP contribution is -2.32. The van der Waals surface area contributed by atoms with Crippen molar-refractivity contribution in [3.63, 3.8) is 0 Å². The molecule has 0 fully saturated rings. The lowest BCUT2D eigenvalue weighted by molar-refractivity contribution is -0.122. The topological polar surface area (TPSA) is 51.2 Å². The average Bonchev–Trinajstić information content (AvgIpc) is 2.61. The summed E-state index contributed by atoms with van der Waals surface area (Å²) < 4.78 is 18.7. The summed E-state index contributed by atoms with van der Waals surface area (Å²) in [5, 5.41) is 3.85. The number of ether oxygens (including phenoxy) is 1. The number of fused-ring (bicyclic) bond motifs is 1. The van der Waals surface area contributed by atoms with Gasteiger partial charge in [-0.25, -0.2) is 4.39 Å². The van der Waals surface area contributed by atoms with Gasteiger partial charge in [0.2, 0.25) is 0 Å². The Hall–Kier alpha value is -2.95. The van der Waals surface area contributed by atoms with E-state index < -0.39 is 6.10 Å². The summed E-state index contributed by atoms with van der Waals surface area (Å²) in [4.78, 5) is 17.1. The third-order valence-electron chi connectivity index (χ3n) is 3.87.